The zero-order chi connectivity index (χ0) is 12.2. The van der Waals surface area contributed by atoms with E-state index in [1.54, 1.807) is 0 Å². The third kappa shape index (κ3) is 2.85. The number of ether oxygens (including phenoxy) is 2. The van der Waals surface area contributed by atoms with Crippen molar-refractivity contribution in [3.05, 3.63) is 29.8 Å². The van der Waals surface area contributed by atoms with Gasteiger partial charge in [0.05, 0.1) is 6.10 Å². The molecule has 0 aliphatic carbocycles. The predicted octanol–water partition coefficient (Wildman–Crippen LogP) is 2.15. The van der Waals surface area contributed by atoms with Gasteiger partial charge >= 0.3 is 0 Å². The molecular weight excluding hydrogens is 226 g/mol. The highest BCUT2D eigenvalue weighted by atomic mass is 16.5. The molecule has 3 nitrogen and oxygen atoms in total. The van der Waals surface area contributed by atoms with Gasteiger partial charge < -0.3 is 14.8 Å². The standard InChI is InChI=1S/C15H21NO2/c1-2-6-15-12(4-1)10-14(18-15)11-16-8-7-13-5-3-9-17-13/h1-2,4,6,13-14,16H,3,5,7-11H2. The topological polar surface area (TPSA) is 30.5 Å². The molecule has 2 aliphatic rings. The van der Waals surface area contributed by atoms with Crippen LogP contribution in [0.15, 0.2) is 24.3 Å². The maximum absolute atomic E-state index is 5.89. The molecule has 2 atom stereocenters. The quantitative estimate of drug-likeness (QED) is 0.809. The summed E-state index contributed by atoms with van der Waals surface area (Å²) in [7, 11) is 0. The minimum absolute atomic E-state index is 0.298. The Balaban J connectivity index is 1.35. The number of rotatable bonds is 5. The number of hydrogen-bond acceptors (Lipinski definition) is 3. The van der Waals surface area contributed by atoms with Gasteiger partial charge in [-0.1, -0.05) is 18.2 Å². The van der Waals surface area contributed by atoms with Gasteiger partial charge in [0, 0.05) is 19.6 Å². The van der Waals surface area contributed by atoms with Crippen molar-refractivity contribution in [2.24, 2.45) is 0 Å². The monoisotopic (exact) mass is 247 g/mol. The Kier molecular flexibility index (Phi) is 3.81. The lowest BCUT2D eigenvalue weighted by Crippen LogP contribution is -2.31. The van der Waals surface area contributed by atoms with E-state index in [0.717, 1.165) is 38.3 Å². The third-order valence-corrected chi connectivity index (χ3v) is 3.75. The van der Waals surface area contributed by atoms with Crippen LogP contribution in [0.4, 0.5) is 0 Å². The summed E-state index contributed by atoms with van der Waals surface area (Å²) >= 11 is 0. The van der Waals surface area contributed by atoms with Crippen LogP contribution in [0, 0.1) is 0 Å². The van der Waals surface area contributed by atoms with Crippen molar-refractivity contribution in [3.63, 3.8) is 0 Å². The van der Waals surface area contributed by atoms with Crippen LogP contribution in [-0.4, -0.2) is 31.9 Å². The Morgan fingerprint density at radius 2 is 2.17 bits per heavy atom. The van der Waals surface area contributed by atoms with E-state index in [0.29, 0.717) is 12.2 Å². The van der Waals surface area contributed by atoms with Crippen LogP contribution < -0.4 is 10.1 Å². The van der Waals surface area contributed by atoms with E-state index in [1.807, 2.05) is 6.07 Å². The number of hydrogen-bond donors (Lipinski definition) is 1. The molecule has 18 heavy (non-hydrogen) atoms. The number of nitrogens with one attached hydrogen (secondary N) is 1. The molecule has 3 heteroatoms. The summed E-state index contributed by atoms with van der Waals surface area (Å²) in [5, 5.41) is 3.48. The molecule has 2 heterocycles. The second kappa shape index (κ2) is 5.72. The van der Waals surface area contributed by atoms with Crippen LogP contribution in [0.3, 0.4) is 0 Å². The first-order valence-corrected chi connectivity index (χ1v) is 6.99. The van der Waals surface area contributed by atoms with Crippen molar-refractivity contribution in [1.82, 2.24) is 5.32 Å². The summed E-state index contributed by atoms with van der Waals surface area (Å²) in [6.45, 7) is 2.91. The zero-order valence-corrected chi connectivity index (χ0v) is 10.7. The van der Waals surface area contributed by atoms with Gasteiger partial charge in [-0.05, 0) is 37.4 Å². The van der Waals surface area contributed by atoms with E-state index < -0.39 is 0 Å². The highest BCUT2D eigenvalue weighted by Gasteiger charge is 2.22. The smallest absolute Gasteiger partial charge is 0.123 e. The van der Waals surface area contributed by atoms with Crippen LogP contribution in [0.5, 0.6) is 5.75 Å². The second-order valence-corrected chi connectivity index (χ2v) is 5.18. The first-order chi connectivity index (χ1) is 8.92. The molecular formula is C15H21NO2. The summed E-state index contributed by atoms with van der Waals surface area (Å²) in [6.07, 6.45) is 5.40. The molecule has 0 aromatic heterocycles. The van der Waals surface area contributed by atoms with E-state index in [9.17, 15) is 0 Å². The first-order valence-electron chi connectivity index (χ1n) is 6.99. The van der Waals surface area contributed by atoms with Gasteiger partial charge in [0.15, 0.2) is 0 Å². The third-order valence-electron chi connectivity index (χ3n) is 3.75. The second-order valence-electron chi connectivity index (χ2n) is 5.18. The van der Waals surface area contributed by atoms with Gasteiger partial charge in [0.2, 0.25) is 0 Å². The molecule has 0 spiro atoms. The molecule has 3 rings (SSSR count). The molecule has 1 fully saturated rings. The summed E-state index contributed by atoms with van der Waals surface area (Å²) in [6, 6.07) is 8.32. The largest absolute Gasteiger partial charge is 0.488 e. The van der Waals surface area contributed by atoms with Crippen molar-refractivity contribution in [1.29, 1.82) is 0 Å². The van der Waals surface area contributed by atoms with Gasteiger partial charge in [0.1, 0.15) is 11.9 Å². The molecule has 98 valence electrons. The minimum Gasteiger partial charge on any atom is -0.488 e. The zero-order valence-electron chi connectivity index (χ0n) is 10.7. The van der Waals surface area contributed by atoms with Gasteiger partial charge in [-0.15, -0.1) is 0 Å². The fourth-order valence-corrected chi connectivity index (χ4v) is 2.77. The van der Waals surface area contributed by atoms with Crippen molar-refractivity contribution in [2.75, 3.05) is 19.7 Å². The fraction of sp³-hybridized carbons (Fsp3) is 0.600. The lowest BCUT2D eigenvalue weighted by atomic mass is 10.1. The van der Waals surface area contributed by atoms with E-state index >= 15 is 0 Å². The van der Waals surface area contributed by atoms with Gasteiger partial charge in [-0.2, -0.15) is 0 Å². The van der Waals surface area contributed by atoms with E-state index in [2.05, 4.69) is 23.5 Å². The van der Waals surface area contributed by atoms with Crippen LogP contribution in [0.2, 0.25) is 0 Å². The van der Waals surface area contributed by atoms with Crippen molar-refractivity contribution in [2.45, 2.75) is 37.9 Å². The Hall–Kier alpha value is -1.06. The van der Waals surface area contributed by atoms with E-state index in [4.69, 9.17) is 9.47 Å². The predicted molar refractivity (Wildman–Crippen MR) is 71.0 cm³/mol. The maximum atomic E-state index is 5.89. The first kappa shape index (κ1) is 12.0. The summed E-state index contributed by atoms with van der Waals surface area (Å²) in [4.78, 5) is 0. The van der Waals surface area contributed by atoms with E-state index in [-0.39, 0.29) is 0 Å². The average molecular weight is 247 g/mol. The van der Waals surface area contributed by atoms with Crippen LogP contribution in [0.1, 0.15) is 24.8 Å². The normalized spacial score (nSPS) is 26.0. The number of fused-ring (bicyclic) bond motifs is 1. The number of para-hydroxylation sites is 1. The molecule has 0 bridgehead atoms. The molecule has 2 aliphatic heterocycles. The van der Waals surface area contributed by atoms with Crippen molar-refractivity contribution < 1.29 is 9.47 Å². The average Bonchev–Trinajstić information content (AvgIpc) is 3.03. The maximum Gasteiger partial charge on any atom is 0.123 e. The molecule has 1 saturated heterocycles. The lowest BCUT2D eigenvalue weighted by Gasteiger charge is -2.13. The Morgan fingerprint density at radius 3 is 3.00 bits per heavy atom. The van der Waals surface area contributed by atoms with Crippen LogP contribution in [-0.2, 0) is 11.2 Å². The molecule has 1 aromatic rings. The summed E-state index contributed by atoms with van der Waals surface area (Å²) in [5.74, 6) is 1.06. The minimum atomic E-state index is 0.298. The van der Waals surface area contributed by atoms with Gasteiger partial charge in [0.25, 0.3) is 0 Å². The van der Waals surface area contributed by atoms with Gasteiger partial charge in [-0.25, -0.2) is 0 Å². The summed E-state index contributed by atoms with van der Waals surface area (Å²) < 4.78 is 11.5. The fourth-order valence-electron chi connectivity index (χ4n) is 2.77. The molecule has 2 unspecified atom stereocenters. The lowest BCUT2D eigenvalue weighted by molar-refractivity contribution is 0.103. The number of benzene rings is 1. The van der Waals surface area contributed by atoms with Crippen LogP contribution >= 0.6 is 0 Å². The highest BCUT2D eigenvalue weighted by molar-refractivity contribution is 5.37. The van der Waals surface area contributed by atoms with Crippen molar-refractivity contribution >= 4 is 0 Å². The highest BCUT2D eigenvalue weighted by Crippen LogP contribution is 2.27. The Bertz CT molecular complexity index is 363. The SMILES string of the molecule is c1ccc2c(c1)CC(CNCCC1CCCO1)O2. The Labute approximate surface area is 108 Å². The Morgan fingerprint density at radius 1 is 1.22 bits per heavy atom. The molecule has 0 saturated carbocycles. The molecule has 0 amide bonds. The molecule has 0 radical (unpaired) electrons. The van der Waals surface area contributed by atoms with Gasteiger partial charge in [-0.3, -0.25) is 0 Å². The molecule has 1 aromatic carbocycles. The van der Waals surface area contributed by atoms with E-state index in [1.165, 1.54) is 18.4 Å². The summed E-state index contributed by atoms with van der Waals surface area (Å²) in [5.41, 5.74) is 1.34. The molecule has 1 N–H and O–H groups in total. The van der Waals surface area contributed by atoms with Crippen LogP contribution in [0.25, 0.3) is 0 Å². The van der Waals surface area contributed by atoms with Crippen molar-refractivity contribution in [3.8, 4) is 5.75 Å².